The van der Waals surface area contributed by atoms with Crippen LogP contribution in [0.25, 0.3) is 0 Å². The first-order valence-corrected chi connectivity index (χ1v) is 9.54. The number of thiophene rings is 1. The zero-order chi connectivity index (χ0) is 19.2. The van der Waals surface area contributed by atoms with Gasteiger partial charge in [-0.3, -0.25) is 10.1 Å². The van der Waals surface area contributed by atoms with Crippen LogP contribution in [0.2, 0.25) is 0 Å². The molecule has 0 radical (unpaired) electrons. The van der Waals surface area contributed by atoms with Gasteiger partial charge in [0.15, 0.2) is 12.6 Å². The second-order valence-electron chi connectivity index (χ2n) is 6.37. The number of benzene rings is 1. The van der Waals surface area contributed by atoms with Crippen LogP contribution in [-0.2, 0) is 33.8 Å². The number of hydrogen-bond acceptors (Lipinski definition) is 5. The average molecular weight is 388 g/mol. The van der Waals surface area contributed by atoms with E-state index in [0.29, 0.717) is 19.5 Å². The number of imide groups is 1. The van der Waals surface area contributed by atoms with Crippen molar-refractivity contribution in [2.45, 2.75) is 25.6 Å². The molecule has 3 amide bonds. The molecule has 8 heteroatoms. The largest absolute Gasteiger partial charge is 0.465 e. The van der Waals surface area contributed by atoms with Gasteiger partial charge in [-0.1, -0.05) is 30.3 Å². The third-order valence-corrected chi connectivity index (χ3v) is 5.46. The molecule has 0 bridgehead atoms. The molecule has 0 aliphatic carbocycles. The van der Waals surface area contributed by atoms with Gasteiger partial charge in [-0.2, -0.15) is 0 Å². The Morgan fingerprint density at radius 3 is 2.67 bits per heavy atom. The van der Waals surface area contributed by atoms with E-state index in [-0.39, 0.29) is 12.5 Å². The van der Waals surface area contributed by atoms with Gasteiger partial charge in [0.1, 0.15) is 6.54 Å². The van der Waals surface area contributed by atoms with Gasteiger partial charge in [-0.15, -0.1) is 11.3 Å². The van der Waals surface area contributed by atoms with Crippen molar-refractivity contribution in [3.05, 3.63) is 57.8 Å². The number of methoxy groups -OCH3 is 1. The first kappa shape index (κ1) is 19.1. The predicted octanol–water partition coefficient (Wildman–Crippen LogP) is 0.257. The van der Waals surface area contributed by atoms with E-state index in [2.05, 4.69) is 10.6 Å². The fourth-order valence-corrected chi connectivity index (χ4v) is 3.89. The summed E-state index contributed by atoms with van der Waals surface area (Å²) in [5.74, 6) is -0.781. The monoisotopic (exact) mass is 388 g/mol. The molecule has 0 saturated carbocycles. The van der Waals surface area contributed by atoms with Crippen molar-refractivity contribution in [3.63, 3.8) is 0 Å². The Morgan fingerprint density at radius 2 is 1.96 bits per heavy atom. The minimum absolute atomic E-state index is 0.0144. The summed E-state index contributed by atoms with van der Waals surface area (Å²) in [4.78, 5) is 38.2. The summed E-state index contributed by atoms with van der Waals surface area (Å²) in [6.07, 6.45) is 0.510. The van der Waals surface area contributed by atoms with Gasteiger partial charge in [0.2, 0.25) is 0 Å². The Bertz CT molecular complexity index is 822. The number of amides is 3. The third kappa shape index (κ3) is 4.93. The molecule has 1 aromatic carbocycles. The van der Waals surface area contributed by atoms with Crippen LogP contribution in [-0.4, -0.2) is 37.6 Å². The van der Waals surface area contributed by atoms with Crippen molar-refractivity contribution in [2.75, 3.05) is 13.7 Å². The fourth-order valence-electron chi connectivity index (χ4n) is 3.24. The Balaban J connectivity index is 1.59. The van der Waals surface area contributed by atoms with Crippen LogP contribution < -0.4 is 15.5 Å². The Kier molecular flexibility index (Phi) is 6.20. The minimum Gasteiger partial charge on any atom is -0.465 e. The van der Waals surface area contributed by atoms with Crippen molar-refractivity contribution < 1.29 is 24.0 Å². The standard InChI is InChI=1S/C19H21N3O4S/c1-26-18(24)16-9-13-5-2-3-6-14(13)11-22(16)12-17(23)21-19(25)20-10-15-7-4-8-27-15/h2-8,16H,9-12H2,1H3,(H2,20,21,23,25)/p+1/t16-/m1/s1. The van der Waals surface area contributed by atoms with E-state index in [4.69, 9.17) is 4.74 Å². The van der Waals surface area contributed by atoms with Crippen molar-refractivity contribution >= 4 is 29.2 Å². The van der Waals surface area contributed by atoms with Crippen LogP contribution in [0.1, 0.15) is 16.0 Å². The van der Waals surface area contributed by atoms with E-state index < -0.39 is 18.0 Å². The second kappa shape index (κ2) is 8.79. The number of rotatable bonds is 5. The molecule has 3 rings (SSSR count). The van der Waals surface area contributed by atoms with Crippen LogP contribution in [0.3, 0.4) is 0 Å². The molecular formula is C19H22N3O4S+. The van der Waals surface area contributed by atoms with Crippen LogP contribution in [0.5, 0.6) is 0 Å². The molecule has 2 aromatic rings. The number of nitrogens with one attached hydrogen (secondary N) is 3. The van der Waals surface area contributed by atoms with Crippen molar-refractivity contribution in [1.29, 1.82) is 0 Å². The molecule has 0 spiro atoms. The predicted molar refractivity (Wildman–Crippen MR) is 100 cm³/mol. The number of carbonyl (C=O) groups is 3. The molecule has 7 nitrogen and oxygen atoms in total. The summed E-state index contributed by atoms with van der Waals surface area (Å²) < 4.78 is 4.91. The average Bonchev–Trinajstić information content (AvgIpc) is 3.18. The first-order chi connectivity index (χ1) is 13.1. The van der Waals surface area contributed by atoms with E-state index in [0.717, 1.165) is 20.9 Å². The summed E-state index contributed by atoms with van der Waals surface area (Å²) in [7, 11) is 1.35. The number of fused-ring (bicyclic) bond motifs is 1. The van der Waals surface area contributed by atoms with Gasteiger partial charge < -0.3 is 15.0 Å². The normalized spacial score (nSPS) is 18.3. The van der Waals surface area contributed by atoms with E-state index in [1.165, 1.54) is 18.4 Å². The second-order valence-corrected chi connectivity index (χ2v) is 7.40. The topological polar surface area (TPSA) is 88.9 Å². The summed E-state index contributed by atoms with van der Waals surface area (Å²) >= 11 is 1.53. The lowest BCUT2D eigenvalue weighted by atomic mass is 9.94. The number of quaternary nitrogens is 1. The number of ether oxygens (including phenoxy) is 1. The van der Waals surface area contributed by atoms with Gasteiger partial charge in [-0.25, -0.2) is 9.59 Å². The van der Waals surface area contributed by atoms with Crippen LogP contribution in [0.15, 0.2) is 41.8 Å². The van der Waals surface area contributed by atoms with E-state index in [9.17, 15) is 14.4 Å². The number of hydrogen-bond donors (Lipinski definition) is 3. The Hall–Kier alpha value is -2.71. The lowest BCUT2D eigenvalue weighted by Crippen LogP contribution is -3.17. The molecule has 2 heterocycles. The highest BCUT2D eigenvalue weighted by atomic mass is 32.1. The Morgan fingerprint density at radius 1 is 1.19 bits per heavy atom. The number of carbonyl (C=O) groups excluding carboxylic acids is 3. The molecule has 1 aliphatic rings. The van der Waals surface area contributed by atoms with Crippen LogP contribution >= 0.6 is 11.3 Å². The van der Waals surface area contributed by atoms with Gasteiger partial charge in [-0.05, 0) is 17.0 Å². The molecule has 142 valence electrons. The summed E-state index contributed by atoms with van der Waals surface area (Å²) in [5.41, 5.74) is 2.19. The number of esters is 1. The maximum atomic E-state index is 12.3. The smallest absolute Gasteiger partial charge is 0.365 e. The van der Waals surface area contributed by atoms with E-state index >= 15 is 0 Å². The number of urea groups is 1. The molecule has 0 fully saturated rings. The molecule has 1 aromatic heterocycles. The van der Waals surface area contributed by atoms with Gasteiger partial charge >= 0.3 is 12.0 Å². The quantitative estimate of drug-likeness (QED) is 0.641. The maximum absolute atomic E-state index is 12.3. The van der Waals surface area contributed by atoms with Gasteiger partial charge in [0.05, 0.1) is 13.7 Å². The lowest BCUT2D eigenvalue weighted by molar-refractivity contribution is -0.924. The van der Waals surface area contributed by atoms with E-state index in [1.807, 2.05) is 41.8 Å². The highest BCUT2D eigenvalue weighted by molar-refractivity contribution is 7.09. The molecule has 1 unspecified atom stereocenters. The molecule has 2 atom stereocenters. The van der Waals surface area contributed by atoms with Crippen molar-refractivity contribution in [3.8, 4) is 0 Å². The molecule has 0 saturated heterocycles. The Labute approximate surface area is 161 Å². The highest BCUT2D eigenvalue weighted by Crippen LogP contribution is 2.14. The maximum Gasteiger partial charge on any atom is 0.365 e. The third-order valence-electron chi connectivity index (χ3n) is 4.58. The van der Waals surface area contributed by atoms with Crippen LogP contribution in [0.4, 0.5) is 4.79 Å². The minimum atomic E-state index is -0.542. The van der Waals surface area contributed by atoms with E-state index in [1.54, 1.807) is 0 Å². The zero-order valence-electron chi connectivity index (χ0n) is 15.0. The SMILES string of the molecule is COC(=O)[C@H]1Cc2ccccc2C[NH+]1CC(=O)NC(=O)NCc1cccs1. The van der Waals surface area contributed by atoms with Crippen LogP contribution in [0, 0.1) is 0 Å². The molecular weight excluding hydrogens is 366 g/mol. The highest BCUT2D eigenvalue weighted by Gasteiger charge is 2.37. The zero-order valence-corrected chi connectivity index (χ0v) is 15.8. The van der Waals surface area contributed by atoms with Crippen molar-refractivity contribution in [1.82, 2.24) is 10.6 Å². The van der Waals surface area contributed by atoms with Crippen molar-refractivity contribution in [2.24, 2.45) is 0 Å². The summed E-state index contributed by atoms with van der Waals surface area (Å²) in [6.45, 7) is 0.909. The first-order valence-electron chi connectivity index (χ1n) is 8.66. The lowest BCUT2D eigenvalue weighted by Gasteiger charge is -2.31. The van der Waals surface area contributed by atoms with Gasteiger partial charge in [0.25, 0.3) is 5.91 Å². The van der Waals surface area contributed by atoms with Gasteiger partial charge in [0, 0.05) is 16.9 Å². The molecule has 27 heavy (non-hydrogen) atoms. The summed E-state index contributed by atoms with van der Waals surface area (Å²) in [5, 5.41) is 6.91. The molecule has 3 N–H and O–H groups in total. The molecule has 1 aliphatic heterocycles. The summed E-state index contributed by atoms with van der Waals surface area (Å²) in [6, 6.07) is 10.6. The fraction of sp³-hybridized carbons (Fsp3) is 0.316.